The summed E-state index contributed by atoms with van der Waals surface area (Å²) in [5.74, 6) is -1.38. The maximum Gasteiger partial charge on any atom is 0.241 e. The van der Waals surface area contributed by atoms with Gasteiger partial charge in [-0.3, -0.25) is 9.69 Å². The lowest BCUT2D eigenvalue weighted by Gasteiger charge is -2.30. The molecule has 0 radical (unpaired) electrons. The molecule has 1 aliphatic heterocycles. The Hall–Kier alpha value is -3.13. The highest BCUT2D eigenvalue weighted by molar-refractivity contribution is 5.92. The molecule has 2 aromatic carbocycles. The van der Waals surface area contributed by atoms with E-state index >= 15 is 0 Å². The lowest BCUT2D eigenvalue weighted by atomic mass is 9.87. The van der Waals surface area contributed by atoms with Gasteiger partial charge in [0.2, 0.25) is 17.6 Å². The minimum absolute atomic E-state index is 0.0723. The Morgan fingerprint density at radius 2 is 1.91 bits per heavy atom. The predicted molar refractivity (Wildman–Crippen MR) is 121 cm³/mol. The third kappa shape index (κ3) is 5.63. The van der Waals surface area contributed by atoms with Crippen molar-refractivity contribution in [1.29, 1.82) is 0 Å². The van der Waals surface area contributed by atoms with Crippen LogP contribution in [-0.2, 0) is 16.8 Å². The summed E-state index contributed by atoms with van der Waals surface area (Å²) in [5, 5.41) is 6.79. The van der Waals surface area contributed by atoms with E-state index in [2.05, 4.69) is 53.3 Å². The molecular formula is C25H28F2N4O2. The smallest absolute Gasteiger partial charge is 0.241 e. The molecule has 1 aromatic heterocycles. The highest BCUT2D eigenvalue weighted by atomic mass is 19.2. The number of carbonyl (C=O) groups is 1. The third-order valence-electron chi connectivity index (χ3n) is 5.90. The molecular weight excluding hydrogens is 426 g/mol. The lowest BCUT2D eigenvalue weighted by Crippen LogP contribution is -2.40. The van der Waals surface area contributed by atoms with Crippen LogP contribution in [0.1, 0.15) is 45.1 Å². The second-order valence-electron chi connectivity index (χ2n) is 9.53. The molecule has 8 heteroatoms. The number of aromatic nitrogens is 2. The number of likely N-dealkylation sites (tertiary alicyclic amines) is 1. The highest BCUT2D eigenvalue weighted by Crippen LogP contribution is 2.26. The number of anilines is 1. The molecule has 6 nitrogen and oxygen atoms in total. The molecule has 1 saturated heterocycles. The predicted octanol–water partition coefficient (Wildman–Crippen LogP) is 5.16. The number of benzene rings is 2. The summed E-state index contributed by atoms with van der Waals surface area (Å²) in [7, 11) is 0. The molecule has 0 aliphatic carbocycles. The van der Waals surface area contributed by atoms with Crippen molar-refractivity contribution in [3.05, 3.63) is 65.6 Å². The van der Waals surface area contributed by atoms with Crippen molar-refractivity contribution in [3.8, 4) is 11.4 Å². The van der Waals surface area contributed by atoms with Crippen LogP contribution >= 0.6 is 0 Å². The van der Waals surface area contributed by atoms with E-state index in [1.165, 1.54) is 11.6 Å². The first-order valence-corrected chi connectivity index (χ1v) is 11.1. The van der Waals surface area contributed by atoms with Crippen molar-refractivity contribution in [3.63, 3.8) is 0 Å². The fraction of sp³-hybridized carbons (Fsp3) is 0.400. The Labute approximate surface area is 192 Å². The summed E-state index contributed by atoms with van der Waals surface area (Å²) in [4.78, 5) is 19.3. The van der Waals surface area contributed by atoms with Gasteiger partial charge in [-0.2, -0.15) is 4.98 Å². The Balaban J connectivity index is 1.36. The fourth-order valence-electron chi connectivity index (χ4n) is 3.98. The van der Waals surface area contributed by atoms with Gasteiger partial charge in [0.1, 0.15) is 0 Å². The molecule has 1 unspecified atom stereocenters. The number of nitrogens with one attached hydrogen (secondary N) is 1. The van der Waals surface area contributed by atoms with Gasteiger partial charge in [-0.25, -0.2) is 8.78 Å². The van der Waals surface area contributed by atoms with Crippen molar-refractivity contribution < 1.29 is 18.1 Å². The topological polar surface area (TPSA) is 71.3 Å². The number of halogens is 2. The van der Waals surface area contributed by atoms with Crippen LogP contribution < -0.4 is 5.32 Å². The summed E-state index contributed by atoms with van der Waals surface area (Å²) < 4.78 is 32.0. The fourth-order valence-corrected chi connectivity index (χ4v) is 3.98. The highest BCUT2D eigenvalue weighted by Gasteiger charge is 2.27. The van der Waals surface area contributed by atoms with Gasteiger partial charge in [-0.15, -0.1) is 0 Å². The van der Waals surface area contributed by atoms with Crippen molar-refractivity contribution in [2.75, 3.05) is 18.4 Å². The van der Waals surface area contributed by atoms with E-state index in [4.69, 9.17) is 4.52 Å². The summed E-state index contributed by atoms with van der Waals surface area (Å²) in [6.07, 6.45) is 1.56. The molecule has 0 bridgehead atoms. The van der Waals surface area contributed by atoms with Crippen LogP contribution in [0, 0.1) is 17.6 Å². The maximum atomic E-state index is 13.4. The van der Waals surface area contributed by atoms with Gasteiger partial charge in [0.15, 0.2) is 11.6 Å². The monoisotopic (exact) mass is 454 g/mol. The van der Waals surface area contributed by atoms with E-state index in [1.54, 1.807) is 0 Å². The molecule has 2 heterocycles. The van der Waals surface area contributed by atoms with E-state index in [9.17, 15) is 13.6 Å². The van der Waals surface area contributed by atoms with Crippen LogP contribution in [0.15, 0.2) is 47.0 Å². The molecule has 1 aliphatic rings. The average Bonchev–Trinajstić information content (AvgIpc) is 3.24. The lowest BCUT2D eigenvalue weighted by molar-refractivity contribution is -0.121. The minimum Gasteiger partial charge on any atom is -0.338 e. The Morgan fingerprint density at radius 1 is 1.15 bits per heavy atom. The minimum atomic E-state index is -0.988. The Bertz CT molecular complexity index is 1120. The van der Waals surface area contributed by atoms with Crippen LogP contribution in [-0.4, -0.2) is 34.0 Å². The number of amides is 1. The molecule has 0 spiro atoms. The molecule has 1 N–H and O–H groups in total. The number of carbonyl (C=O) groups excluding carboxylic acids is 1. The van der Waals surface area contributed by atoms with Gasteiger partial charge in [-0.05, 0) is 42.5 Å². The molecule has 174 valence electrons. The van der Waals surface area contributed by atoms with Crippen molar-refractivity contribution in [2.45, 2.75) is 45.6 Å². The van der Waals surface area contributed by atoms with Crippen LogP contribution in [0.25, 0.3) is 11.4 Å². The van der Waals surface area contributed by atoms with E-state index in [0.717, 1.165) is 37.1 Å². The van der Waals surface area contributed by atoms with Crippen molar-refractivity contribution >= 4 is 11.6 Å². The van der Waals surface area contributed by atoms with E-state index < -0.39 is 11.6 Å². The van der Waals surface area contributed by atoms with Gasteiger partial charge in [-0.1, -0.05) is 50.2 Å². The van der Waals surface area contributed by atoms with E-state index in [1.807, 2.05) is 12.1 Å². The summed E-state index contributed by atoms with van der Waals surface area (Å²) in [6.45, 7) is 8.28. The number of nitrogens with zero attached hydrogens (tertiary/aromatic N) is 3. The number of piperidine rings is 1. The van der Waals surface area contributed by atoms with E-state index in [-0.39, 0.29) is 22.9 Å². The van der Waals surface area contributed by atoms with Gasteiger partial charge in [0.05, 0.1) is 12.5 Å². The molecule has 4 rings (SSSR count). The van der Waals surface area contributed by atoms with Crippen LogP contribution in [0.4, 0.5) is 14.5 Å². The van der Waals surface area contributed by atoms with E-state index in [0.29, 0.717) is 24.8 Å². The third-order valence-corrected chi connectivity index (χ3v) is 5.90. The first kappa shape index (κ1) is 23.0. The quantitative estimate of drug-likeness (QED) is 0.576. The SMILES string of the molecule is CC(C)(C)c1ccc(-c2noc(CN3CCCC(C(=O)Nc4ccc(F)c(F)c4)C3)n2)cc1. The zero-order valence-corrected chi connectivity index (χ0v) is 19.1. The van der Waals surface area contributed by atoms with Crippen LogP contribution in [0.3, 0.4) is 0 Å². The zero-order valence-electron chi connectivity index (χ0n) is 19.1. The summed E-state index contributed by atoms with van der Waals surface area (Å²) in [5.41, 5.74) is 2.44. The second kappa shape index (κ2) is 9.39. The van der Waals surface area contributed by atoms with Gasteiger partial charge in [0.25, 0.3) is 0 Å². The molecule has 1 fully saturated rings. The first-order valence-electron chi connectivity index (χ1n) is 11.1. The Morgan fingerprint density at radius 3 is 2.61 bits per heavy atom. The number of hydrogen-bond acceptors (Lipinski definition) is 5. The summed E-state index contributed by atoms with van der Waals surface area (Å²) >= 11 is 0. The van der Waals surface area contributed by atoms with Crippen molar-refractivity contribution in [1.82, 2.24) is 15.0 Å². The van der Waals surface area contributed by atoms with Crippen LogP contribution in [0.2, 0.25) is 0 Å². The standard InChI is InChI=1S/C25H28F2N4O2/c1-25(2,3)18-8-6-16(7-9-18)23-29-22(33-30-23)15-31-12-4-5-17(14-31)24(32)28-19-10-11-20(26)21(27)13-19/h6-11,13,17H,4-5,12,14-15H2,1-3H3,(H,28,32). The molecule has 0 saturated carbocycles. The van der Waals surface area contributed by atoms with Crippen LogP contribution in [0.5, 0.6) is 0 Å². The second-order valence-corrected chi connectivity index (χ2v) is 9.53. The molecule has 33 heavy (non-hydrogen) atoms. The van der Waals surface area contributed by atoms with Crippen molar-refractivity contribution in [2.24, 2.45) is 5.92 Å². The average molecular weight is 455 g/mol. The van der Waals surface area contributed by atoms with Gasteiger partial charge in [0, 0.05) is 23.9 Å². The van der Waals surface area contributed by atoms with Gasteiger partial charge < -0.3 is 9.84 Å². The molecule has 1 atom stereocenters. The first-order chi connectivity index (χ1) is 15.7. The molecule has 3 aromatic rings. The normalized spacial score (nSPS) is 17.2. The summed E-state index contributed by atoms with van der Waals surface area (Å²) in [6, 6.07) is 11.5. The number of rotatable bonds is 5. The largest absolute Gasteiger partial charge is 0.338 e. The van der Waals surface area contributed by atoms with Gasteiger partial charge >= 0.3 is 0 Å². The maximum absolute atomic E-state index is 13.4. The molecule has 1 amide bonds. The Kier molecular flexibility index (Phi) is 6.56. The zero-order chi connectivity index (χ0) is 23.6. The number of hydrogen-bond donors (Lipinski definition) is 1.